The highest BCUT2D eigenvalue weighted by Gasteiger charge is 2.41. The number of nitrogens with zero attached hydrogens (tertiary/aromatic N) is 1. The van der Waals surface area contributed by atoms with Crippen LogP contribution in [0.15, 0.2) is 16.9 Å². The van der Waals surface area contributed by atoms with Crippen LogP contribution in [-0.2, 0) is 9.59 Å². The van der Waals surface area contributed by atoms with Gasteiger partial charge in [-0.1, -0.05) is 24.4 Å². The van der Waals surface area contributed by atoms with Crippen molar-refractivity contribution in [2.75, 3.05) is 5.32 Å². The van der Waals surface area contributed by atoms with E-state index in [2.05, 4.69) is 15.0 Å². The second kappa shape index (κ2) is 5.20. The summed E-state index contributed by atoms with van der Waals surface area (Å²) in [6.07, 6.45) is 5.24. The molecule has 1 fully saturated rings. The Labute approximate surface area is 104 Å². The van der Waals surface area contributed by atoms with Gasteiger partial charge in [0, 0.05) is 12.5 Å². The highest BCUT2D eigenvalue weighted by atomic mass is 16.5. The van der Waals surface area contributed by atoms with Crippen LogP contribution in [0.3, 0.4) is 0 Å². The highest BCUT2D eigenvalue weighted by Crippen LogP contribution is 2.39. The molecule has 1 aliphatic rings. The summed E-state index contributed by atoms with van der Waals surface area (Å²) in [5.74, 6) is -0.887. The highest BCUT2D eigenvalue weighted by molar-refractivity contribution is 5.93. The van der Waals surface area contributed by atoms with Gasteiger partial charge >= 0.3 is 5.97 Å². The first kappa shape index (κ1) is 12.6. The largest absolute Gasteiger partial charge is 0.481 e. The van der Waals surface area contributed by atoms with E-state index in [1.165, 1.54) is 12.3 Å². The van der Waals surface area contributed by atoms with Crippen molar-refractivity contribution in [2.45, 2.75) is 38.5 Å². The number of aliphatic carboxylic acids is 1. The third-order valence-electron chi connectivity index (χ3n) is 3.47. The Morgan fingerprint density at radius 2 is 2.11 bits per heavy atom. The summed E-state index contributed by atoms with van der Waals surface area (Å²) in [4.78, 5) is 23.2. The molecule has 1 heterocycles. The Morgan fingerprint density at radius 3 is 2.67 bits per heavy atom. The third kappa shape index (κ3) is 2.69. The molecular weight excluding hydrogens is 236 g/mol. The zero-order valence-corrected chi connectivity index (χ0v) is 10.0. The van der Waals surface area contributed by atoms with Crippen LogP contribution in [0.2, 0.25) is 0 Å². The van der Waals surface area contributed by atoms with Crippen LogP contribution in [0.4, 0.5) is 5.82 Å². The Bertz CT molecular complexity index is 421. The predicted molar refractivity (Wildman–Crippen MR) is 62.9 cm³/mol. The second-order valence-corrected chi connectivity index (χ2v) is 4.76. The fourth-order valence-corrected chi connectivity index (χ4v) is 2.47. The van der Waals surface area contributed by atoms with Crippen LogP contribution in [-0.4, -0.2) is 22.1 Å². The van der Waals surface area contributed by atoms with Crippen LogP contribution in [0.5, 0.6) is 0 Å². The Morgan fingerprint density at radius 1 is 1.39 bits per heavy atom. The van der Waals surface area contributed by atoms with E-state index < -0.39 is 11.4 Å². The molecule has 18 heavy (non-hydrogen) atoms. The molecule has 6 nitrogen and oxygen atoms in total. The number of hydrogen-bond donors (Lipinski definition) is 2. The van der Waals surface area contributed by atoms with E-state index in [0.29, 0.717) is 18.7 Å². The number of amides is 1. The molecule has 0 atom stereocenters. The SMILES string of the molecule is O=C(CC1(C(=O)O)CCCCC1)Nc1ccon1. The molecule has 0 spiro atoms. The first-order chi connectivity index (χ1) is 8.62. The normalized spacial score (nSPS) is 18.2. The minimum Gasteiger partial charge on any atom is -0.481 e. The van der Waals surface area contributed by atoms with E-state index >= 15 is 0 Å². The number of carbonyl (C=O) groups is 2. The Kier molecular flexibility index (Phi) is 3.64. The van der Waals surface area contributed by atoms with Gasteiger partial charge in [0.05, 0.1) is 5.41 Å². The summed E-state index contributed by atoms with van der Waals surface area (Å²) in [6.45, 7) is 0. The van der Waals surface area contributed by atoms with Crippen LogP contribution in [0.1, 0.15) is 38.5 Å². The molecule has 1 saturated carbocycles. The third-order valence-corrected chi connectivity index (χ3v) is 3.47. The maximum absolute atomic E-state index is 11.8. The van der Waals surface area contributed by atoms with Crippen molar-refractivity contribution in [3.63, 3.8) is 0 Å². The molecule has 1 amide bonds. The molecule has 1 aromatic rings. The average Bonchev–Trinajstić information content (AvgIpc) is 2.82. The number of nitrogens with one attached hydrogen (secondary N) is 1. The molecule has 0 aromatic carbocycles. The number of rotatable bonds is 4. The number of carboxylic acid groups (broad SMARTS) is 1. The fraction of sp³-hybridized carbons (Fsp3) is 0.583. The summed E-state index contributed by atoms with van der Waals surface area (Å²) in [6, 6.07) is 1.52. The average molecular weight is 252 g/mol. The zero-order valence-electron chi connectivity index (χ0n) is 10.0. The number of hydrogen-bond acceptors (Lipinski definition) is 4. The maximum atomic E-state index is 11.8. The van der Waals surface area contributed by atoms with Gasteiger partial charge in [-0.2, -0.15) is 0 Å². The smallest absolute Gasteiger partial charge is 0.310 e. The summed E-state index contributed by atoms with van der Waals surface area (Å²) in [7, 11) is 0. The molecule has 0 unspecified atom stereocenters. The minimum absolute atomic E-state index is 0.00477. The predicted octanol–water partition coefficient (Wildman–Crippen LogP) is 2.04. The minimum atomic E-state index is -0.911. The first-order valence-corrected chi connectivity index (χ1v) is 6.06. The molecule has 0 saturated heterocycles. The van der Waals surface area contributed by atoms with Gasteiger partial charge in [-0.15, -0.1) is 0 Å². The molecule has 0 bridgehead atoms. The lowest BCUT2D eigenvalue weighted by Gasteiger charge is -2.32. The van der Waals surface area contributed by atoms with Gasteiger partial charge in [-0.25, -0.2) is 0 Å². The van der Waals surface area contributed by atoms with Crippen LogP contribution >= 0.6 is 0 Å². The van der Waals surface area contributed by atoms with Gasteiger partial charge in [0.1, 0.15) is 6.26 Å². The van der Waals surface area contributed by atoms with Crippen molar-refractivity contribution in [3.05, 3.63) is 12.3 Å². The molecule has 0 radical (unpaired) electrons. The van der Waals surface area contributed by atoms with E-state index in [0.717, 1.165) is 19.3 Å². The van der Waals surface area contributed by atoms with Crippen molar-refractivity contribution in [1.82, 2.24) is 5.16 Å². The van der Waals surface area contributed by atoms with Gasteiger partial charge in [-0.05, 0) is 12.8 Å². The molecule has 1 aliphatic carbocycles. The number of carboxylic acids is 1. The molecule has 6 heteroatoms. The van der Waals surface area contributed by atoms with E-state index in [4.69, 9.17) is 0 Å². The van der Waals surface area contributed by atoms with Crippen molar-refractivity contribution in [2.24, 2.45) is 5.41 Å². The van der Waals surface area contributed by atoms with Crippen LogP contribution in [0.25, 0.3) is 0 Å². The lowest BCUT2D eigenvalue weighted by atomic mass is 9.71. The standard InChI is InChI=1S/C12H16N2O4/c15-10(13-9-4-7-18-14-9)8-12(11(16)17)5-2-1-3-6-12/h4,7H,1-3,5-6,8H2,(H,16,17)(H,13,14,15). The van der Waals surface area contributed by atoms with Crippen LogP contribution in [0, 0.1) is 5.41 Å². The van der Waals surface area contributed by atoms with Crippen molar-refractivity contribution in [1.29, 1.82) is 0 Å². The van der Waals surface area contributed by atoms with E-state index in [9.17, 15) is 14.7 Å². The quantitative estimate of drug-likeness (QED) is 0.855. The molecule has 98 valence electrons. The Hall–Kier alpha value is -1.85. The van der Waals surface area contributed by atoms with Gasteiger partial charge in [0.2, 0.25) is 5.91 Å². The maximum Gasteiger partial charge on any atom is 0.310 e. The molecule has 2 N–H and O–H groups in total. The molecule has 2 rings (SSSR count). The van der Waals surface area contributed by atoms with E-state index in [1.54, 1.807) is 0 Å². The van der Waals surface area contributed by atoms with Gasteiger partial charge < -0.3 is 14.9 Å². The lowest BCUT2D eigenvalue weighted by molar-refractivity contribution is -0.153. The van der Waals surface area contributed by atoms with Crippen molar-refractivity contribution in [3.8, 4) is 0 Å². The monoisotopic (exact) mass is 252 g/mol. The summed E-state index contributed by atoms with van der Waals surface area (Å²) < 4.78 is 4.60. The molecule has 0 aliphatic heterocycles. The topological polar surface area (TPSA) is 92.4 Å². The molecular formula is C12H16N2O4. The van der Waals surface area contributed by atoms with Gasteiger partial charge in [-0.3, -0.25) is 9.59 Å². The van der Waals surface area contributed by atoms with Crippen LogP contribution < -0.4 is 5.32 Å². The second-order valence-electron chi connectivity index (χ2n) is 4.76. The summed E-state index contributed by atoms with van der Waals surface area (Å²) in [5, 5.41) is 15.5. The van der Waals surface area contributed by atoms with E-state index in [-0.39, 0.29) is 12.3 Å². The number of carbonyl (C=O) groups excluding carboxylic acids is 1. The fourth-order valence-electron chi connectivity index (χ4n) is 2.47. The molecule has 1 aromatic heterocycles. The number of anilines is 1. The summed E-state index contributed by atoms with van der Waals surface area (Å²) >= 11 is 0. The first-order valence-electron chi connectivity index (χ1n) is 6.06. The summed E-state index contributed by atoms with van der Waals surface area (Å²) in [5.41, 5.74) is -0.911. The van der Waals surface area contributed by atoms with E-state index in [1.807, 2.05) is 0 Å². The van der Waals surface area contributed by atoms with Gasteiger partial charge in [0.15, 0.2) is 5.82 Å². The van der Waals surface area contributed by atoms with Gasteiger partial charge in [0.25, 0.3) is 0 Å². The van der Waals surface area contributed by atoms with Crippen molar-refractivity contribution < 1.29 is 19.2 Å². The zero-order chi connectivity index (χ0) is 13.0. The number of aromatic nitrogens is 1. The lowest BCUT2D eigenvalue weighted by Crippen LogP contribution is -2.37. The Balaban J connectivity index is 2.00. The van der Waals surface area contributed by atoms with Crippen molar-refractivity contribution >= 4 is 17.7 Å².